The molecular weight excluding hydrogens is 200 g/mol. The number of hydrogen-bond acceptors (Lipinski definition) is 3. The molecule has 0 spiro atoms. The van der Waals surface area contributed by atoms with E-state index in [1.165, 1.54) is 0 Å². The highest BCUT2D eigenvalue weighted by molar-refractivity contribution is 7.89. The van der Waals surface area contributed by atoms with Crippen LogP contribution in [0, 0.1) is 0 Å². The zero-order valence-corrected chi connectivity index (χ0v) is 9.97. The Morgan fingerprint density at radius 1 is 1.50 bits per heavy atom. The second-order valence-electron chi connectivity index (χ2n) is 4.62. The molecule has 0 aromatic heterocycles. The number of nitrogens with two attached hydrogens (primary N) is 1. The molecular formula is C9H20N2O2S. The summed E-state index contributed by atoms with van der Waals surface area (Å²) < 4.78 is 25.3. The van der Waals surface area contributed by atoms with Gasteiger partial charge in [0.15, 0.2) is 0 Å². The van der Waals surface area contributed by atoms with Crippen LogP contribution in [0.5, 0.6) is 0 Å². The fourth-order valence-electron chi connectivity index (χ4n) is 2.13. The van der Waals surface area contributed by atoms with E-state index in [9.17, 15) is 8.42 Å². The second-order valence-corrected chi connectivity index (χ2v) is 6.64. The van der Waals surface area contributed by atoms with Crippen LogP contribution in [-0.4, -0.2) is 36.6 Å². The van der Waals surface area contributed by atoms with Crippen LogP contribution in [0.15, 0.2) is 0 Å². The van der Waals surface area contributed by atoms with Crippen LogP contribution in [0.1, 0.15) is 33.6 Å². The molecule has 84 valence electrons. The molecule has 5 heteroatoms. The molecule has 4 nitrogen and oxygen atoms in total. The maximum atomic E-state index is 11.9. The highest BCUT2D eigenvalue weighted by Gasteiger charge is 2.43. The van der Waals surface area contributed by atoms with E-state index in [1.807, 2.05) is 20.8 Å². The second kappa shape index (κ2) is 3.79. The van der Waals surface area contributed by atoms with Crippen molar-refractivity contribution < 1.29 is 8.42 Å². The predicted octanol–water partition coefficient (Wildman–Crippen LogP) is 0.538. The number of hydrogen-bond donors (Lipinski definition) is 1. The fourth-order valence-corrected chi connectivity index (χ4v) is 4.11. The third kappa shape index (κ3) is 2.27. The predicted molar refractivity (Wildman–Crippen MR) is 57.5 cm³/mol. The summed E-state index contributed by atoms with van der Waals surface area (Å²) in [6.45, 7) is 6.22. The van der Waals surface area contributed by atoms with E-state index < -0.39 is 10.0 Å². The van der Waals surface area contributed by atoms with Crippen LogP contribution in [0.3, 0.4) is 0 Å². The quantitative estimate of drug-likeness (QED) is 0.755. The number of sulfonamides is 1. The van der Waals surface area contributed by atoms with Crippen LogP contribution >= 0.6 is 0 Å². The van der Waals surface area contributed by atoms with Crippen molar-refractivity contribution in [3.8, 4) is 0 Å². The van der Waals surface area contributed by atoms with Crippen molar-refractivity contribution in [3.63, 3.8) is 0 Å². The van der Waals surface area contributed by atoms with Crippen molar-refractivity contribution in [2.75, 3.05) is 12.3 Å². The van der Waals surface area contributed by atoms with Crippen LogP contribution in [0.2, 0.25) is 0 Å². The minimum atomic E-state index is -3.10. The zero-order chi connectivity index (χ0) is 11.0. The van der Waals surface area contributed by atoms with Gasteiger partial charge in [0.25, 0.3) is 0 Å². The summed E-state index contributed by atoms with van der Waals surface area (Å²) in [6, 6.07) is -0.0170. The molecule has 0 aromatic rings. The lowest BCUT2D eigenvalue weighted by molar-refractivity contribution is 0.291. The Morgan fingerprint density at radius 2 is 2.07 bits per heavy atom. The summed E-state index contributed by atoms with van der Waals surface area (Å²) in [7, 11) is -3.10. The van der Waals surface area contributed by atoms with E-state index in [-0.39, 0.29) is 17.3 Å². The van der Waals surface area contributed by atoms with Crippen molar-refractivity contribution in [2.24, 2.45) is 5.73 Å². The first kappa shape index (κ1) is 11.9. The van der Waals surface area contributed by atoms with E-state index in [0.717, 1.165) is 6.42 Å². The molecule has 0 radical (unpaired) electrons. The van der Waals surface area contributed by atoms with E-state index >= 15 is 0 Å². The fraction of sp³-hybridized carbons (Fsp3) is 1.00. The van der Waals surface area contributed by atoms with Gasteiger partial charge >= 0.3 is 0 Å². The van der Waals surface area contributed by atoms with Crippen molar-refractivity contribution in [2.45, 2.75) is 45.2 Å². The molecule has 1 fully saturated rings. The third-order valence-corrected chi connectivity index (χ3v) is 4.87. The average molecular weight is 220 g/mol. The Hall–Kier alpha value is -0.130. The van der Waals surface area contributed by atoms with E-state index in [0.29, 0.717) is 13.0 Å². The lowest BCUT2D eigenvalue weighted by Gasteiger charge is -2.30. The molecule has 1 aliphatic rings. The Morgan fingerprint density at radius 3 is 2.43 bits per heavy atom. The van der Waals surface area contributed by atoms with Crippen molar-refractivity contribution in [1.82, 2.24) is 4.31 Å². The van der Waals surface area contributed by atoms with Gasteiger partial charge in [-0.15, -0.1) is 0 Å². The van der Waals surface area contributed by atoms with Gasteiger partial charge in [0, 0.05) is 18.1 Å². The van der Waals surface area contributed by atoms with Crippen molar-refractivity contribution in [1.29, 1.82) is 0 Å². The summed E-state index contributed by atoms with van der Waals surface area (Å²) >= 11 is 0. The maximum absolute atomic E-state index is 11.9. The third-order valence-electron chi connectivity index (χ3n) is 2.64. The molecule has 0 amide bonds. The summed E-state index contributed by atoms with van der Waals surface area (Å²) in [5.41, 5.74) is 5.48. The van der Waals surface area contributed by atoms with E-state index in [1.54, 1.807) is 4.31 Å². The molecule has 1 atom stereocenters. The molecule has 0 saturated carbocycles. The Balaban J connectivity index is 2.88. The van der Waals surface area contributed by atoms with Gasteiger partial charge in [-0.2, -0.15) is 4.31 Å². The Labute approximate surface area is 86.5 Å². The van der Waals surface area contributed by atoms with Gasteiger partial charge < -0.3 is 5.73 Å². The molecule has 0 bridgehead atoms. The van der Waals surface area contributed by atoms with E-state index in [4.69, 9.17) is 5.73 Å². The molecule has 1 rings (SSSR count). The monoisotopic (exact) mass is 220 g/mol. The lowest BCUT2D eigenvalue weighted by Crippen LogP contribution is -2.43. The molecule has 0 aromatic carbocycles. The highest BCUT2D eigenvalue weighted by Crippen LogP contribution is 2.30. The smallest absolute Gasteiger partial charge is 0.214 e. The lowest BCUT2D eigenvalue weighted by atomic mass is 10.0. The molecule has 1 heterocycles. The normalized spacial score (nSPS) is 28.1. The minimum Gasteiger partial charge on any atom is -0.326 e. The molecule has 1 unspecified atom stereocenters. The standard InChI is InChI=1S/C9H20N2O2S/c1-4-5-14(12,13)11-7-8(10)6-9(11,2)3/h8H,4-7,10H2,1-3H3. The van der Waals surface area contributed by atoms with Gasteiger partial charge in [0.2, 0.25) is 10.0 Å². The van der Waals surface area contributed by atoms with Crippen molar-refractivity contribution >= 4 is 10.0 Å². The molecule has 0 aliphatic carbocycles. The number of rotatable bonds is 3. The number of nitrogens with zero attached hydrogens (tertiary/aromatic N) is 1. The molecule has 1 aliphatic heterocycles. The Kier molecular flexibility index (Phi) is 3.23. The Bertz CT molecular complexity index is 298. The largest absolute Gasteiger partial charge is 0.326 e. The molecule has 14 heavy (non-hydrogen) atoms. The first-order chi connectivity index (χ1) is 6.29. The summed E-state index contributed by atoms with van der Waals surface area (Å²) in [6.07, 6.45) is 1.40. The molecule has 1 saturated heterocycles. The van der Waals surface area contributed by atoms with Crippen LogP contribution in [-0.2, 0) is 10.0 Å². The first-order valence-electron chi connectivity index (χ1n) is 5.05. The van der Waals surface area contributed by atoms with Gasteiger partial charge in [0.1, 0.15) is 0 Å². The van der Waals surface area contributed by atoms with Crippen LogP contribution in [0.4, 0.5) is 0 Å². The van der Waals surface area contributed by atoms with Crippen molar-refractivity contribution in [3.05, 3.63) is 0 Å². The van der Waals surface area contributed by atoms with Gasteiger partial charge in [-0.25, -0.2) is 8.42 Å². The average Bonchev–Trinajstić information content (AvgIpc) is 2.24. The van der Waals surface area contributed by atoms with Crippen LogP contribution < -0.4 is 5.73 Å². The van der Waals surface area contributed by atoms with Gasteiger partial charge in [-0.3, -0.25) is 0 Å². The van der Waals surface area contributed by atoms with Gasteiger partial charge in [0.05, 0.1) is 5.75 Å². The summed E-state index contributed by atoms with van der Waals surface area (Å²) in [5.74, 6) is 0.225. The molecule has 2 N–H and O–H groups in total. The van der Waals surface area contributed by atoms with Gasteiger partial charge in [-0.1, -0.05) is 6.92 Å². The SMILES string of the molecule is CCCS(=O)(=O)N1CC(N)CC1(C)C. The topological polar surface area (TPSA) is 63.4 Å². The van der Waals surface area contributed by atoms with E-state index in [2.05, 4.69) is 0 Å². The maximum Gasteiger partial charge on any atom is 0.214 e. The first-order valence-corrected chi connectivity index (χ1v) is 6.66. The summed E-state index contributed by atoms with van der Waals surface area (Å²) in [4.78, 5) is 0. The zero-order valence-electron chi connectivity index (χ0n) is 9.16. The highest BCUT2D eigenvalue weighted by atomic mass is 32.2. The summed E-state index contributed by atoms with van der Waals surface area (Å²) in [5, 5.41) is 0. The van der Waals surface area contributed by atoms with Gasteiger partial charge in [-0.05, 0) is 26.7 Å². The minimum absolute atomic E-state index is 0.0170. The van der Waals surface area contributed by atoms with Crippen LogP contribution in [0.25, 0.3) is 0 Å².